The molecule has 0 aromatic carbocycles. The third kappa shape index (κ3) is 4.94. The summed E-state index contributed by atoms with van der Waals surface area (Å²) < 4.78 is 1.85. The lowest BCUT2D eigenvalue weighted by Crippen LogP contribution is -2.43. The Kier molecular flexibility index (Phi) is 8.20. The number of aliphatic hydroxyl groups is 1. The van der Waals surface area contributed by atoms with Crippen LogP contribution in [0.1, 0.15) is 12.8 Å². The van der Waals surface area contributed by atoms with Crippen LogP contribution < -0.4 is 15.1 Å². The molecule has 36 heavy (non-hydrogen) atoms. The first-order valence-electron chi connectivity index (χ1n) is 11.8. The van der Waals surface area contributed by atoms with Gasteiger partial charge < -0.3 is 20.2 Å². The summed E-state index contributed by atoms with van der Waals surface area (Å²) >= 11 is 0. The highest BCUT2D eigenvalue weighted by Gasteiger charge is 2.25. The molecule has 4 aromatic rings. The standard InChI is InChI=1S/C24H27N9O.2ClH/c34-16-18-3-2-8-32(18)24-15-26-14-20(29-24)19-11-21-17(12-27-19)13-28-33(21)23-5-1-4-22(30-23)31-9-6-25-7-10-31;;/h1,4-5,11-15,18,25,34H,2-3,6-10,16H2;2*1H. The summed E-state index contributed by atoms with van der Waals surface area (Å²) in [5.74, 6) is 2.50. The van der Waals surface area contributed by atoms with Crippen molar-refractivity contribution in [2.24, 2.45) is 0 Å². The minimum absolute atomic E-state index is 0. The number of piperazine rings is 1. The number of fused-ring (bicyclic) bond motifs is 1. The van der Waals surface area contributed by atoms with Crippen LogP contribution in [0, 0.1) is 0 Å². The molecule has 0 bridgehead atoms. The second kappa shape index (κ2) is 11.3. The molecule has 1 unspecified atom stereocenters. The number of pyridine rings is 2. The number of rotatable bonds is 5. The van der Waals surface area contributed by atoms with Crippen molar-refractivity contribution in [2.75, 3.05) is 49.1 Å². The van der Waals surface area contributed by atoms with E-state index in [1.807, 2.05) is 41.3 Å². The van der Waals surface area contributed by atoms with Gasteiger partial charge in [-0.15, -0.1) is 24.8 Å². The summed E-state index contributed by atoms with van der Waals surface area (Å²) in [5.41, 5.74) is 2.33. The highest BCUT2D eigenvalue weighted by Crippen LogP contribution is 2.27. The maximum absolute atomic E-state index is 9.70. The second-order valence-corrected chi connectivity index (χ2v) is 8.71. The van der Waals surface area contributed by atoms with Crippen molar-refractivity contribution in [2.45, 2.75) is 18.9 Å². The molecule has 4 aromatic heterocycles. The van der Waals surface area contributed by atoms with E-state index < -0.39 is 0 Å². The van der Waals surface area contributed by atoms with E-state index in [2.05, 4.69) is 30.2 Å². The van der Waals surface area contributed by atoms with Crippen LogP contribution in [0.3, 0.4) is 0 Å². The van der Waals surface area contributed by atoms with Crippen LogP contribution in [0.15, 0.2) is 49.1 Å². The molecule has 0 radical (unpaired) electrons. The molecule has 1 atom stereocenters. The van der Waals surface area contributed by atoms with Gasteiger partial charge in [-0.2, -0.15) is 5.10 Å². The van der Waals surface area contributed by atoms with E-state index in [0.717, 1.165) is 79.6 Å². The first-order chi connectivity index (χ1) is 16.8. The van der Waals surface area contributed by atoms with E-state index in [1.165, 1.54) is 0 Å². The molecule has 12 heteroatoms. The maximum Gasteiger partial charge on any atom is 0.156 e. The van der Waals surface area contributed by atoms with E-state index in [0.29, 0.717) is 5.69 Å². The van der Waals surface area contributed by atoms with Crippen LogP contribution in [0.4, 0.5) is 11.6 Å². The van der Waals surface area contributed by atoms with Gasteiger partial charge in [0.05, 0.1) is 42.4 Å². The molecule has 2 aliphatic heterocycles. The molecule has 0 aliphatic carbocycles. The second-order valence-electron chi connectivity index (χ2n) is 8.71. The molecule has 0 amide bonds. The number of hydrogen-bond donors (Lipinski definition) is 2. The molecule has 6 heterocycles. The summed E-state index contributed by atoms with van der Waals surface area (Å²) in [7, 11) is 0. The normalized spacial score (nSPS) is 17.6. The van der Waals surface area contributed by atoms with Gasteiger partial charge in [0.1, 0.15) is 17.3 Å². The van der Waals surface area contributed by atoms with Gasteiger partial charge in [-0.3, -0.25) is 9.97 Å². The Bertz CT molecular complexity index is 1310. The van der Waals surface area contributed by atoms with E-state index >= 15 is 0 Å². The van der Waals surface area contributed by atoms with Crippen molar-refractivity contribution >= 4 is 47.4 Å². The van der Waals surface area contributed by atoms with E-state index in [-0.39, 0.29) is 37.5 Å². The lowest BCUT2D eigenvalue weighted by atomic mass is 10.2. The Morgan fingerprint density at radius 1 is 0.917 bits per heavy atom. The largest absolute Gasteiger partial charge is 0.394 e. The average Bonchev–Trinajstić information content (AvgIpc) is 3.56. The molecule has 2 N–H and O–H groups in total. The van der Waals surface area contributed by atoms with Crippen LogP contribution in [0.25, 0.3) is 28.1 Å². The molecule has 0 spiro atoms. The summed E-state index contributed by atoms with van der Waals surface area (Å²) in [5, 5.41) is 18.6. The van der Waals surface area contributed by atoms with Crippen LogP contribution in [0.2, 0.25) is 0 Å². The molecular weight excluding hydrogens is 501 g/mol. The van der Waals surface area contributed by atoms with Crippen molar-refractivity contribution in [3.63, 3.8) is 0 Å². The molecular formula is C24H29Cl2N9O. The van der Waals surface area contributed by atoms with Gasteiger partial charge in [0.25, 0.3) is 0 Å². The molecule has 2 saturated heterocycles. The zero-order valence-electron chi connectivity index (χ0n) is 19.7. The fraction of sp³-hybridized carbons (Fsp3) is 0.375. The van der Waals surface area contributed by atoms with Crippen molar-refractivity contribution in [3.05, 3.63) is 49.1 Å². The molecule has 2 aliphatic rings. The number of nitrogens with zero attached hydrogens (tertiary/aromatic N) is 8. The minimum Gasteiger partial charge on any atom is -0.394 e. The summed E-state index contributed by atoms with van der Waals surface area (Å²) in [4.78, 5) is 23.2. The summed E-state index contributed by atoms with van der Waals surface area (Å²) in [6.07, 6.45) is 9.11. The van der Waals surface area contributed by atoms with Crippen molar-refractivity contribution in [1.29, 1.82) is 0 Å². The first kappa shape index (κ1) is 26.0. The van der Waals surface area contributed by atoms with Crippen LogP contribution >= 0.6 is 24.8 Å². The first-order valence-corrected chi connectivity index (χ1v) is 11.8. The highest BCUT2D eigenvalue weighted by molar-refractivity contribution is 5.85. The predicted octanol–water partition coefficient (Wildman–Crippen LogP) is 2.49. The zero-order valence-corrected chi connectivity index (χ0v) is 21.3. The number of hydrogen-bond acceptors (Lipinski definition) is 9. The number of halogens is 2. The average molecular weight is 530 g/mol. The predicted molar refractivity (Wildman–Crippen MR) is 145 cm³/mol. The topological polar surface area (TPSA) is 108 Å². The summed E-state index contributed by atoms with van der Waals surface area (Å²) in [6.45, 7) is 4.79. The lowest BCUT2D eigenvalue weighted by Gasteiger charge is -2.28. The number of anilines is 2. The molecule has 2 fully saturated rings. The fourth-order valence-corrected chi connectivity index (χ4v) is 4.79. The maximum atomic E-state index is 9.70. The van der Waals surface area contributed by atoms with E-state index in [1.54, 1.807) is 12.4 Å². The van der Waals surface area contributed by atoms with E-state index in [9.17, 15) is 5.11 Å². The van der Waals surface area contributed by atoms with Crippen LogP contribution in [-0.4, -0.2) is 80.2 Å². The smallest absolute Gasteiger partial charge is 0.156 e. The zero-order chi connectivity index (χ0) is 22.9. The molecule has 10 nitrogen and oxygen atoms in total. The lowest BCUT2D eigenvalue weighted by molar-refractivity contribution is 0.266. The number of aromatic nitrogens is 6. The van der Waals surface area contributed by atoms with Crippen molar-refractivity contribution in [1.82, 2.24) is 35.0 Å². The van der Waals surface area contributed by atoms with Crippen molar-refractivity contribution in [3.8, 4) is 17.2 Å². The van der Waals surface area contributed by atoms with Crippen LogP contribution in [0.5, 0.6) is 0 Å². The monoisotopic (exact) mass is 529 g/mol. The number of nitrogens with one attached hydrogen (secondary N) is 1. The quantitative estimate of drug-likeness (QED) is 0.402. The van der Waals surface area contributed by atoms with Gasteiger partial charge in [-0.25, -0.2) is 14.6 Å². The number of aliphatic hydroxyl groups excluding tert-OH is 1. The Morgan fingerprint density at radius 3 is 2.58 bits per heavy atom. The van der Waals surface area contributed by atoms with Gasteiger partial charge in [0.15, 0.2) is 5.82 Å². The van der Waals surface area contributed by atoms with Gasteiger partial charge >= 0.3 is 0 Å². The molecule has 0 saturated carbocycles. The molecule has 190 valence electrons. The van der Waals surface area contributed by atoms with Crippen molar-refractivity contribution < 1.29 is 5.11 Å². The Hall–Kier alpha value is -3.05. The third-order valence-electron chi connectivity index (χ3n) is 6.60. The SMILES string of the molecule is Cl.Cl.OCC1CCCN1c1cncc(-c2cc3c(cn2)cnn3-c2cccc(N3CCNCC3)n2)n1. The third-order valence-corrected chi connectivity index (χ3v) is 6.60. The molecule has 6 rings (SSSR count). The Labute approximate surface area is 221 Å². The minimum atomic E-state index is 0. The van der Waals surface area contributed by atoms with E-state index in [4.69, 9.17) is 9.97 Å². The van der Waals surface area contributed by atoms with Gasteiger partial charge in [0, 0.05) is 44.3 Å². The summed E-state index contributed by atoms with van der Waals surface area (Å²) in [6, 6.07) is 8.13. The van der Waals surface area contributed by atoms with Gasteiger partial charge in [-0.1, -0.05) is 6.07 Å². The fourth-order valence-electron chi connectivity index (χ4n) is 4.79. The van der Waals surface area contributed by atoms with Gasteiger partial charge in [-0.05, 0) is 31.0 Å². The Morgan fingerprint density at radius 2 is 1.75 bits per heavy atom. The Balaban J connectivity index is 0.00000152. The van der Waals surface area contributed by atoms with Gasteiger partial charge in [0.2, 0.25) is 0 Å². The highest BCUT2D eigenvalue weighted by atomic mass is 35.5. The van der Waals surface area contributed by atoms with Crippen LogP contribution in [-0.2, 0) is 0 Å².